The summed E-state index contributed by atoms with van der Waals surface area (Å²) in [5.74, 6) is 1.67. The molecule has 4 heterocycles. The maximum Gasteiger partial charge on any atom is 0.408 e. The fraction of sp³-hybridized carbons (Fsp3) is 0.574. The van der Waals surface area contributed by atoms with Crippen molar-refractivity contribution in [1.29, 1.82) is 0 Å². The van der Waals surface area contributed by atoms with Crippen LogP contribution in [0.25, 0.3) is 11.0 Å². The maximum absolute atomic E-state index is 14.6. The van der Waals surface area contributed by atoms with Crippen LogP contribution in [-0.4, -0.2) is 112 Å². The molecule has 3 unspecified atom stereocenters. The van der Waals surface area contributed by atoms with E-state index in [0.717, 1.165) is 111 Å². The number of benzene rings is 2. The number of aromatic nitrogens is 3. The number of piperidine rings is 2. The fourth-order valence-electron chi connectivity index (χ4n) is 10.5. The molecule has 0 spiro atoms. The van der Waals surface area contributed by atoms with Gasteiger partial charge in [-0.1, -0.05) is 67.1 Å². The highest BCUT2D eigenvalue weighted by molar-refractivity contribution is 7.97. The summed E-state index contributed by atoms with van der Waals surface area (Å²) in [6.45, 7) is 8.90. The Morgan fingerprint density at radius 1 is 0.889 bits per heavy atom. The molecule has 2 aliphatic heterocycles. The van der Waals surface area contributed by atoms with E-state index in [1.165, 1.54) is 6.33 Å². The van der Waals surface area contributed by atoms with Crippen LogP contribution in [0, 0.1) is 11.8 Å². The number of nitrogens with one attached hydrogen (secondary N) is 6. The van der Waals surface area contributed by atoms with Crippen molar-refractivity contribution < 1.29 is 28.7 Å². The second-order valence-electron chi connectivity index (χ2n) is 21.1. The number of rotatable bonds is 20. The molecule has 4 fully saturated rings. The van der Waals surface area contributed by atoms with Crippen LogP contribution in [0.5, 0.6) is 0 Å². The molecule has 18 heteroatoms. The number of hydrogen-bond donors (Lipinski definition) is 6. The summed E-state index contributed by atoms with van der Waals surface area (Å²) in [4.78, 5) is 84.6. The molecule has 2 aromatic heterocycles. The smallest absolute Gasteiger partial charge is 0.408 e. The number of halogens is 1. The Morgan fingerprint density at radius 2 is 1.67 bits per heavy atom. The van der Waals surface area contributed by atoms with E-state index in [1.807, 2.05) is 59.6 Å². The molecule has 3 atom stereocenters. The van der Waals surface area contributed by atoms with E-state index in [4.69, 9.17) is 16.3 Å². The largest absolute Gasteiger partial charge is 0.444 e. The molecule has 16 nitrogen and oxygen atoms in total. The Hall–Kier alpha value is -5.39. The van der Waals surface area contributed by atoms with E-state index in [1.54, 1.807) is 32.7 Å². The average Bonchev–Trinajstić information content (AvgIpc) is 4.12. The second-order valence-corrected chi connectivity index (χ2v) is 22.5. The van der Waals surface area contributed by atoms with Crippen LogP contribution in [0.1, 0.15) is 144 Å². The lowest BCUT2D eigenvalue weighted by Gasteiger charge is -2.42. The number of aromatic amines is 1. The van der Waals surface area contributed by atoms with Crippen LogP contribution >= 0.6 is 23.5 Å². The molecular weight excluding hydrogens is 952 g/mol. The molecule has 2 aromatic carbocycles. The van der Waals surface area contributed by atoms with E-state index in [0.29, 0.717) is 62.6 Å². The first-order chi connectivity index (χ1) is 34.7. The predicted octanol–water partition coefficient (Wildman–Crippen LogP) is 8.35. The molecule has 388 valence electrons. The first kappa shape index (κ1) is 52.9. The van der Waals surface area contributed by atoms with Crippen molar-refractivity contribution in [3.8, 4) is 0 Å². The van der Waals surface area contributed by atoms with Gasteiger partial charge in [-0.3, -0.25) is 23.9 Å². The minimum absolute atomic E-state index is 0.0822. The summed E-state index contributed by atoms with van der Waals surface area (Å²) < 4.78 is 9.14. The number of amides is 5. The van der Waals surface area contributed by atoms with Crippen molar-refractivity contribution in [2.24, 2.45) is 11.8 Å². The highest BCUT2D eigenvalue weighted by Gasteiger charge is 2.45. The van der Waals surface area contributed by atoms with E-state index in [-0.39, 0.29) is 47.4 Å². The second kappa shape index (κ2) is 24.6. The third-order valence-corrected chi connectivity index (χ3v) is 15.7. The zero-order chi connectivity index (χ0) is 50.7. The van der Waals surface area contributed by atoms with Crippen LogP contribution in [0.2, 0.25) is 5.02 Å². The quantitative estimate of drug-likeness (QED) is 0.0367. The number of H-pyrrole nitrogens is 1. The molecule has 8 rings (SSSR count). The van der Waals surface area contributed by atoms with Crippen molar-refractivity contribution in [3.63, 3.8) is 0 Å². The molecule has 4 aliphatic rings. The van der Waals surface area contributed by atoms with E-state index < -0.39 is 23.3 Å². The highest BCUT2D eigenvalue weighted by atomic mass is 35.5. The summed E-state index contributed by atoms with van der Waals surface area (Å²) in [6.07, 6.45) is 14.5. The van der Waals surface area contributed by atoms with Crippen LogP contribution < -0.4 is 30.9 Å². The number of alkyl carbamates (subject to hydrolysis) is 1. The lowest BCUT2D eigenvalue weighted by molar-refractivity contribution is -0.133. The molecule has 2 saturated heterocycles. The molecule has 4 aromatic rings. The lowest BCUT2D eigenvalue weighted by atomic mass is 9.83. The van der Waals surface area contributed by atoms with Gasteiger partial charge in [0, 0.05) is 73.6 Å². The lowest BCUT2D eigenvalue weighted by Crippen LogP contribution is -2.64. The number of hydrogen-bond acceptors (Lipinski definition) is 11. The Kier molecular flexibility index (Phi) is 18.0. The monoisotopic (exact) mass is 1020 g/mol. The van der Waals surface area contributed by atoms with Gasteiger partial charge in [0.05, 0.1) is 11.4 Å². The van der Waals surface area contributed by atoms with Crippen LogP contribution in [0.15, 0.2) is 67.1 Å². The van der Waals surface area contributed by atoms with E-state index in [9.17, 15) is 24.0 Å². The number of nitrogens with zero attached hydrogens (tertiary/aromatic N) is 4. The normalized spacial score (nSPS) is 19.2. The van der Waals surface area contributed by atoms with Crippen molar-refractivity contribution in [2.75, 3.05) is 49.9 Å². The standard InChI is InChI=1S/C54H73ClN10O6S/c1-53(2,3)71-52(70)63-54(24-30-64(31-25-54)47-43-22-27-56-46(43)58-35-59-47)51(69)61-44(36-18-20-42(55)21-19-36)23-28-60-72-32-8-7-26-57-49(67)45(37-11-5-4-6-12-37)62-48(66)40-14-9-13-39(33-40)41-15-10-29-65(34-41)50(68)38-16-17-38/h9,13-14,18-22,27,33,35,37-38,41,44-45,60H,4-8,10-12,15-17,23-26,28-32,34H2,1-3H3,(H,57,67)(H,61,69)(H,62,66)(H,63,70)(H,56,58,59). The van der Waals surface area contributed by atoms with Crippen LogP contribution in [0.4, 0.5) is 10.6 Å². The minimum atomic E-state index is -1.24. The molecule has 5 amide bonds. The highest BCUT2D eigenvalue weighted by Crippen LogP contribution is 2.36. The van der Waals surface area contributed by atoms with E-state index >= 15 is 0 Å². The zero-order valence-corrected chi connectivity index (χ0v) is 43.7. The van der Waals surface area contributed by atoms with Gasteiger partial charge in [-0.2, -0.15) is 0 Å². The number of fused-ring (bicyclic) bond motifs is 1. The number of anilines is 1. The average molecular weight is 1030 g/mol. The molecule has 0 radical (unpaired) electrons. The number of ether oxygens (including phenoxy) is 1. The molecular formula is C54H73ClN10O6S. The summed E-state index contributed by atoms with van der Waals surface area (Å²) in [7, 11) is 0. The first-order valence-electron chi connectivity index (χ1n) is 26.2. The Morgan fingerprint density at radius 3 is 2.42 bits per heavy atom. The third kappa shape index (κ3) is 14.2. The van der Waals surface area contributed by atoms with Crippen LogP contribution in [-0.2, 0) is 19.1 Å². The van der Waals surface area contributed by atoms with Gasteiger partial charge >= 0.3 is 6.09 Å². The molecule has 0 bridgehead atoms. The van der Waals surface area contributed by atoms with Crippen molar-refractivity contribution in [1.82, 2.24) is 45.8 Å². The summed E-state index contributed by atoms with van der Waals surface area (Å²) in [5.41, 5.74) is 1.24. The maximum atomic E-state index is 14.6. The van der Waals surface area contributed by atoms with Gasteiger partial charge in [0.1, 0.15) is 35.0 Å². The Labute approximate surface area is 433 Å². The Balaban J connectivity index is 0.810. The predicted molar refractivity (Wildman–Crippen MR) is 283 cm³/mol. The number of carbonyl (C=O) groups is 5. The third-order valence-electron chi connectivity index (χ3n) is 14.6. The number of carbonyl (C=O) groups excluding carboxylic acids is 5. The van der Waals surface area contributed by atoms with Gasteiger partial charge in [0.25, 0.3) is 5.91 Å². The van der Waals surface area contributed by atoms with Gasteiger partial charge in [-0.15, -0.1) is 0 Å². The summed E-state index contributed by atoms with van der Waals surface area (Å²) in [5, 5.41) is 14.1. The first-order valence-corrected chi connectivity index (χ1v) is 27.5. The molecule has 2 aliphatic carbocycles. The number of likely N-dealkylation sites (tertiary alicyclic amines) is 1. The fourth-order valence-corrected chi connectivity index (χ4v) is 11.3. The molecule has 2 saturated carbocycles. The Bertz CT molecular complexity index is 2480. The van der Waals surface area contributed by atoms with E-state index in [2.05, 4.69) is 51.9 Å². The van der Waals surface area contributed by atoms with Crippen molar-refractivity contribution in [2.45, 2.75) is 140 Å². The van der Waals surface area contributed by atoms with Crippen molar-refractivity contribution >= 4 is 70.1 Å². The molecule has 6 N–H and O–H groups in total. The van der Waals surface area contributed by atoms with Gasteiger partial charge in [-0.25, -0.2) is 14.8 Å². The minimum Gasteiger partial charge on any atom is -0.444 e. The van der Waals surface area contributed by atoms with Gasteiger partial charge in [-0.05, 0) is 139 Å². The SMILES string of the molecule is CC(C)(C)OC(=O)NC1(C(=O)NC(CCNSCCCCNC(=O)C(NC(=O)c2cccc(C3CCCN(C(=O)C4CC4)C3)c2)C2CCCCC2)c2ccc(Cl)cc2)CCN(c2ncnc3[nH]ccc23)CC1. The summed E-state index contributed by atoms with van der Waals surface area (Å²) in [6, 6.07) is 16.1. The van der Waals surface area contributed by atoms with Gasteiger partial charge in [0.15, 0.2) is 0 Å². The number of unbranched alkanes of at least 4 members (excludes halogenated alkanes) is 1. The molecule has 72 heavy (non-hydrogen) atoms. The van der Waals surface area contributed by atoms with Crippen molar-refractivity contribution in [3.05, 3.63) is 88.8 Å². The topological polar surface area (TPSA) is 203 Å². The van der Waals surface area contributed by atoms with Gasteiger partial charge < -0.3 is 40.8 Å². The van der Waals surface area contributed by atoms with Crippen LogP contribution in [0.3, 0.4) is 0 Å². The van der Waals surface area contributed by atoms with Gasteiger partial charge in [0.2, 0.25) is 17.7 Å². The summed E-state index contributed by atoms with van der Waals surface area (Å²) >= 11 is 7.89. The zero-order valence-electron chi connectivity index (χ0n) is 42.1.